The van der Waals surface area contributed by atoms with Gasteiger partial charge in [-0.05, 0) is 55.7 Å². The molecule has 2 saturated heterocycles. The number of piperazine rings is 1. The first kappa shape index (κ1) is 30.9. The van der Waals surface area contributed by atoms with Crippen LogP contribution in [0.1, 0.15) is 36.1 Å². The molecule has 3 aromatic rings. The van der Waals surface area contributed by atoms with Gasteiger partial charge >= 0.3 is 6.03 Å². The van der Waals surface area contributed by atoms with Crippen molar-refractivity contribution in [2.45, 2.75) is 58.5 Å². The van der Waals surface area contributed by atoms with Crippen LogP contribution in [0.25, 0.3) is 0 Å². The van der Waals surface area contributed by atoms with Crippen molar-refractivity contribution < 1.29 is 19.5 Å². The van der Waals surface area contributed by atoms with Gasteiger partial charge < -0.3 is 25.1 Å². The van der Waals surface area contributed by atoms with Gasteiger partial charge in [0.05, 0.1) is 13.1 Å². The number of carbonyl (C=O) groups excluding carboxylic acids is 3. The predicted octanol–water partition coefficient (Wildman–Crippen LogP) is 3.73. The molecule has 0 aromatic heterocycles. The number of hydrazine groups is 1. The van der Waals surface area contributed by atoms with Gasteiger partial charge in [0.1, 0.15) is 18.0 Å². The van der Waals surface area contributed by atoms with E-state index in [1.807, 2.05) is 44.3 Å². The zero-order valence-electron chi connectivity index (χ0n) is 26.1. The fraction of sp³-hybridized carbons (Fsp3) is 0.382. The van der Waals surface area contributed by atoms with Crippen molar-refractivity contribution >= 4 is 23.5 Å². The molecule has 0 spiro atoms. The fourth-order valence-electron chi connectivity index (χ4n) is 6.03. The second-order valence-corrected chi connectivity index (χ2v) is 12.0. The maximum atomic E-state index is 14.3. The highest BCUT2D eigenvalue weighted by atomic mass is 16.3. The molecule has 0 radical (unpaired) electrons. The number of amides is 4. The van der Waals surface area contributed by atoms with Crippen molar-refractivity contribution in [2.75, 3.05) is 32.1 Å². The molecule has 2 aliphatic heterocycles. The molecule has 2 aliphatic rings. The predicted molar refractivity (Wildman–Crippen MR) is 170 cm³/mol. The number of phenolic OH excluding ortho intramolecular Hbond substituents is 1. The molecular weight excluding hydrogens is 556 g/mol. The molecule has 0 aliphatic carbocycles. The van der Waals surface area contributed by atoms with Crippen LogP contribution in [0.2, 0.25) is 0 Å². The Balaban J connectivity index is 1.50. The van der Waals surface area contributed by atoms with Crippen LogP contribution in [0.5, 0.6) is 5.75 Å². The minimum Gasteiger partial charge on any atom is -0.508 e. The van der Waals surface area contributed by atoms with Crippen LogP contribution in [0.3, 0.4) is 0 Å². The lowest BCUT2D eigenvalue weighted by molar-refractivity contribution is -0.187. The third kappa shape index (κ3) is 6.50. The smallest absolute Gasteiger partial charge is 0.334 e. The first-order chi connectivity index (χ1) is 21.0. The summed E-state index contributed by atoms with van der Waals surface area (Å²) in [5, 5.41) is 16.1. The van der Waals surface area contributed by atoms with Crippen LogP contribution < -0.4 is 10.2 Å². The number of anilines is 1. The molecule has 232 valence electrons. The van der Waals surface area contributed by atoms with Gasteiger partial charge in [0, 0.05) is 45.3 Å². The molecule has 2 N–H and O–H groups in total. The third-order valence-electron chi connectivity index (χ3n) is 8.55. The number of urea groups is 1. The number of hydrogen-bond donors (Lipinski definition) is 2. The van der Waals surface area contributed by atoms with Crippen molar-refractivity contribution in [3.8, 4) is 5.75 Å². The number of nitrogens with one attached hydrogen (secondary N) is 1. The monoisotopic (exact) mass is 598 g/mol. The number of fused-ring (bicyclic) bond motifs is 1. The summed E-state index contributed by atoms with van der Waals surface area (Å²) < 4.78 is 0. The van der Waals surface area contributed by atoms with E-state index in [1.54, 1.807) is 51.1 Å². The summed E-state index contributed by atoms with van der Waals surface area (Å²) in [6, 6.07) is 21.7. The van der Waals surface area contributed by atoms with Gasteiger partial charge in [0.15, 0.2) is 0 Å². The molecule has 0 bridgehead atoms. The number of likely N-dealkylation sites (N-methyl/N-ethyl adjacent to an activating group) is 1. The number of aryl methyl sites for hydroxylation is 1. The van der Waals surface area contributed by atoms with Crippen LogP contribution in [0, 0.1) is 6.92 Å². The Labute approximate surface area is 259 Å². The van der Waals surface area contributed by atoms with E-state index >= 15 is 0 Å². The molecule has 4 amide bonds. The molecule has 0 unspecified atom stereocenters. The Morgan fingerprint density at radius 2 is 1.73 bits per heavy atom. The van der Waals surface area contributed by atoms with Crippen molar-refractivity contribution in [2.24, 2.45) is 0 Å². The van der Waals surface area contributed by atoms with Gasteiger partial charge in [-0.1, -0.05) is 60.2 Å². The molecule has 2 heterocycles. The van der Waals surface area contributed by atoms with E-state index in [0.717, 1.165) is 27.9 Å². The van der Waals surface area contributed by atoms with E-state index in [0.29, 0.717) is 13.1 Å². The number of nitrogens with zero attached hydrogens (tertiary/aromatic N) is 5. The average molecular weight is 599 g/mol. The zero-order chi connectivity index (χ0) is 31.5. The maximum absolute atomic E-state index is 14.3. The Hall–Kier alpha value is -4.57. The van der Waals surface area contributed by atoms with Gasteiger partial charge in [-0.2, -0.15) is 0 Å². The highest BCUT2D eigenvalue weighted by Gasteiger charge is 2.50. The van der Waals surface area contributed by atoms with Gasteiger partial charge in [0.25, 0.3) is 0 Å². The molecule has 10 nitrogen and oxygen atoms in total. The van der Waals surface area contributed by atoms with Crippen molar-refractivity contribution in [1.29, 1.82) is 0 Å². The second kappa shape index (κ2) is 13.0. The van der Waals surface area contributed by atoms with Gasteiger partial charge in [-0.25, -0.2) is 14.8 Å². The normalized spacial score (nSPS) is 18.9. The van der Waals surface area contributed by atoms with Crippen molar-refractivity contribution in [3.05, 3.63) is 95.1 Å². The van der Waals surface area contributed by atoms with Crippen LogP contribution in [0.15, 0.2) is 72.8 Å². The van der Waals surface area contributed by atoms with E-state index in [2.05, 4.69) is 42.3 Å². The van der Waals surface area contributed by atoms with Crippen LogP contribution in [-0.2, 0) is 29.1 Å². The van der Waals surface area contributed by atoms with E-state index in [-0.39, 0.29) is 49.1 Å². The summed E-state index contributed by atoms with van der Waals surface area (Å²) in [6.45, 7) is 7.07. The Morgan fingerprint density at radius 1 is 1.02 bits per heavy atom. The molecule has 0 saturated carbocycles. The molecule has 44 heavy (non-hydrogen) atoms. The number of carbonyl (C=O) groups is 3. The van der Waals surface area contributed by atoms with E-state index in [9.17, 15) is 19.5 Å². The van der Waals surface area contributed by atoms with Gasteiger partial charge in [-0.3, -0.25) is 9.59 Å². The van der Waals surface area contributed by atoms with Crippen LogP contribution in [0.4, 0.5) is 10.5 Å². The lowest BCUT2D eigenvalue weighted by Crippen LogP contribution is -2.76. The summed E-state index contributed by atoms with van der Waals surface area (Å²) in [4.78, 5) is 47.2. The zero-order valence-corrected chi connectivity index (χ0v) is 26.1. The second-order valence-electron chi connectivity index (χ2n) is 12.0. The summed E-state index contributed by atoms with van der Waals surface area (Å²) in [6.07, 6.45) is -0.443. The first-order valence-electron chi connectivity index (χ1n) is 15.1. The first-order valence-corrected chi connectivity index (χ1v) is 15.1. The number of benzene rings is 3. The van der Waals surface area contributed by atoms with Crippen molar-refractivity contribution in [1.82, 2.24) is 25.1 Å². The average Bonchev–Trinajstić information content (AvgIpc) is 2.99. The summed E-state index contributed by atoms with van der Waals surface area (Å²) in [7, 11) is 3.77. The van der Waals surface area contributed by atoms with Crippen molar-refractivity contribution in [3.63, 3.8) is 0 Å². The molecular formula is C34H42N6O4. The highest BCUT2D eigenvalue weighted by molar-refractivity contribution is 5.91. The van der Waals surface area contributed by atoms with E-state index in [1.165, 1.54) is 0 Å². The standard InChI is InChI=1S/C34H42N6O4/c1-23(2)37(5)29-16-11-24(3)17-27(29)20-38-21-31-39(30(33(38)43)18-25-12-14-28(41)15-13-25)32(42)22-36(4)40(31)34(44)35-19-26-9-7-6-8-10-26/h6-17,23,30-31,41H,18-22H2,1-5H3,(H,35,44)/t30-,31-/m0/s1. The summed E-state index contributed by atoms with van der Waals surface area (Å²) in [5.41, 5.74) is 4.89. The van der Waals surface area contributed by atoms with E-state index < -0.39 is 12.2 Å². The SMILES string of the molecule is Cc1ccc(N(C)C(C)C)c(CN2C[C@H]3N(C(=O)CN(C)N3C(=O)NCc3ccccc3)[C@@H](Cc3ccc(O)cc3)C2=O)c1. The third-order valence-corrected chi connectivity index (χ3v) is 8.55. The fourth-order valence-corrected chi connectivity index (χ4v) is 6.03. The largest absolute Gasteiger partial charge is 0.508 e. The summed E-state index contributed by atoms with van der Waals surface area (Å²) >= 11 is 0. The minimum atomic E-state index is -0.819. The molecule has 5 rings (SSSR count). The topological polar surface area (TPSA) is 99.7 Å². The highest BCUT2D eigenvalue weighted by Crippen LogP contribution is 2.31. The van der Waals surface area contributed by atoms with Crippen LogP contribution >= 0.6 is 0 Å². The Kier molecular flexibility index (Phi) is 9.10. The lowest BCUT2D eigenvalue weighted by Gasteiger charge is -2.54. The maximum Gasteiger partial charge on any atom is 0.334 e. The summed E-state index contributed by atoms with van der Waals surface area (Å²) in [5.74, 6) is -0.255. The number of hydrogen-bond acceptors (Lipinski definition) is 6. The lowest BCUT2D eigenvalue weighted by atomic mass is 9.98. The minimum absolute atomic E-state index is 0.0319. The Morgan fingerprint density at radius 3 is 2.41 bits per heavy atom. The molecule has 3 aromatic carbocycles. The van der Waals surface area contributed by atoms with Gasteiger partial charge in [0.2, 0.25) is 11.8 Å². The number of aromatic hydroxyl groups is 1. The van der Waals surface area contributed by atoms with Gasteiger partial charge in [-0.15, -0.1) is 0 Å². The molecule has 2 fully saturated rings. The Bertz CT molecular complexity index is 1500. The quantitative estimate of drug-likeness (QED) is 0.410. The van der Waals surface area contributed by atoms with Crippen LogP contribution in [-0.4, -0.2) is 88.2 Å². The molecule has 2 atom stereocenters. The number of rotatable bonds is 8. The number of phenols is 1. The van der Waals surface area contributed by atoms with E-state index in [4.69, 9.17) is 0 Å². The molecule has 10 heteroatoms.